The standard InChI is InChI=1S/C13H20N4O2S/c1-16(2)7-3-6-14-8-10-11(18)15-13(20)17(12(10)19)9-4-5-9/h8-9,19H,3-7H2,1-2H3,(H,15,18,20). The number of hydrogen-bond acceptors (Lipinski definition) is 5. The smallest absolute Gasteiger partial charge is 0.264 e. The van der Waals surface area contributed by atoms with Gasteiger partial charge in [-0.2, -0.15) is 0 Å². The van der Waals surface area contributed by atoms with Crippen LogP contribution in [-0.4, -0.2) is 53.0 Å². The molecule has 1 heterocycles. The van der Waals surface area contributed by atoms with E-state index in [0.717, 1.165) is 25.8 Å². The summed E-state index contributed by atoms with van der Waals surface area (Å²) in [4.78, 5) is 20.7. The van der Waals surface area contributed by atoms with E-state index in [1.165, 1.54) is 6.21 Å². The minimum absolute atomic E-state index is 0.0717. The first kappa shape index (κ1) is 14.9. The van der Waals surface area contributed by atoms with Crippen molar-refractivity contribution in [2.45, 2.75) is 25.3 Å². The van der Waals surface area contributed by atoms with Gasteiger partial charge in [0.25, 0.3) is 5.56 Å². The second-order valence-electron chi connectivity index (χ2n) is 5.29. The number of rotatable bonds is 6. The van der Waals surface area contributed by atoms with Gasteiger partial charge in [-0.05, 0) is 52.1 Å². The first-order valence-corrected chi connectivity index (χ1v) is 7.14. The minimum atomic E-state index is -0.388. The molecule has 0 radical (unpaired) electrons. The van der Waals surface area contributed by atoms with Crippen molar-refractivity contribution in [3.63, 3.8) is 0 Å². The summed E-state index contributed by atoms with van der Waals surface area (Å²) in [5, 5.41) is 10.2. The van der Waals surface area contributed by atoms with Gasteiger partial charge >= 0.3 is 0 Å². The third-order valence-corrected chi connectivity index (χ3v) is 3.48. The molecule has 0 aliphatic heterocycles. The van der Waals surface area contributed by atoms with Crippen LogP contribution in [0.1, 0.15) is 30.9 Å². The Kier molecular flexibility index (Phi) is 4.72. The number of aromatic nitrogens is 2. The molecule has 0 atom stereocenters. The Labute approximate surface area is 122 Å². The quantitative estimate of drug-likeness (QED) is 0.472. The molecule has 0 aromatic carbocycles. The molecule has 110 valence electrons. The molecule has 20 heavy (non-hydrogen) atoms. The highest BCUT2D eigenvalue weighted by Crippen LogP contribution is 2.37. The Morgan fingerprint density at radius 3 is 2.85 bits per heavy atom. The summed E-state index contributed by atoms with van der Waals surface area (Å²) in [6.45, 7) is 1.56. The van der Waals surface area contributed by atoms with Crippen LogP contribution in [0.25, 0.3) is 0 Å². The fraction of sp³-hybridized carbons (Fsp3) is 0.615. The predicted molar refractivity (Wildman–Crippen MR) is 81.5 cm³/mol. The molecule has 1 fully saturated rings. The van der Waals surface area contributed by atoms with Crippen LogP contribution in [-0.2, 0) is 0 Å². The number of aromatic hydroxyl groups is 1. The van der Waals surface area contributed by atoms with Crippen molar-refractivity contribution < 1.29 is 5.11 Å². The van der Waals surface area contributed by atoms with E-state index >= 15 is 0 Å². The molecule has 0 amide bonds. The Morgan fingerprint density at radius 1 is 1.55 bits per heavy atom. The van der Waals surface area contributed by atoms with Crippen LogP contribution in [0.2, 0.25) is 0 Å². The molecule has 7 heteroatoms. The zero-order valence-electron chi connectivity index (χ0n) is 11.8. The van der Waals surface area contributed by atoms with Crippen molar-refractivity contribution in [3.8, 4) is 5.88 Å². The lowest BCUT2D eigenvalue weighted by Gasteiger charge is -2.09. The Morgan fingerprint density at radius 2 is 2.25 bits per heavy atom. The highest BCUT2D eigenvalue weighted by Gasteiger charge is 2.27. The third kappa shape index (κ3) is 3.55. The first-order valence-electron chi connectivity index (χ1n) is 6.73. The van der Waals surface area contributed by atoms with Crippen LogP contribution < -0.4 is 5.56 Å². The molecular weight excluding hydrogens is 276 g/mol. The normalized spacial score (nSPS) is 15.3. The SMILES string of the molecule is CN(C)CCCN=Cc1c(O)n(C2CC2)c(=S)[nH]c1=O. The average molecular weight is 296 g/mol. The number of H-pyrrole nitrogens is 1. The molecular formula is C13H20N4O2S. The lowest BCUT2D eigenvalue weighted by atomic mass is 10.3. The van der Waals surface area contributed by atoms with Crippen LogP contribution >= 0.6 is 12.2 Å². The van der Waals surface area contributed by atoms with E-state index in [1.807, 2.05) is 14.1 Å². The Balaban J connectivity index is 2.15. The molecule has 0 saturated heterocycles. The van der Waals surface area contributed by atoms with Crippen molar-refractivity contribution in [2.75, 3.05) is 27.2 Å². The fourth-order valence-corrected chi connectivity index (χ4v) is 2.30. The zero-order valence-corrected chi connectivity index (χ0v) is 12.6. The topological polar surface area (TPSA) is 73.6 Å². The molecule has 1 aromatic rings. The van der Waals surface area contributed by atoms with Crippen molar-refractivity contribution in [2.24, 2.45) is 4.99 Å². The highest BCUT2D eigenvalue weighted by molar-refractivity contribution is 7.71. The van der Waals surface area contributed by atoms with Gasteiger partial charge in [0.05, 0.1) is 0 Å². The maximum absolute atomic E-state index is 11.8. The highest BCUT2D eigenvalue weighted by atomic mass is 32.1. The van der Waals surface area contributed by atoms with Gasteiger partial charge in [-0.25, -0.2) is 0 Å². The summed E-state index contributed by atoms with van der Waals surface area (Å²) in [5.74, 6) is -0.0717. The lowest BCUT2D eigenvalue weighted by Crippen LogP contribution is -2.18. The van der Waals surface area contributed by atoms with Crippen LogP contribution in [0.15, 0.2) is 9.79 Å². The summed E-state index contributed by atoms with van der Waals surface area (Å²) in [7, 11) is 4.00. The summed E-state index contributed by atoms with van der Waals surface area (Å²) < 4.78 is 1.89. The monoisotopic (exact) mass is 296 g/mol. The summed E-state index contributed by atoms with van der Waals surface area (Å²) >= 11 is 5.08. The lowest BCUT2D eigenvalue weighted by molar-refractivity contribution is 0.402. The van der Waals surface area contributed by atoms with Gasteiger partial charge in [0.15, 0.2) is 4.77 Å². The molecule has 1 saturated carbocycles. The van der Waals surface area contributed by atoms with Crippen molar-refractivity contribution >= 4 is 18.4 Å². The van der Waals surface area contributed by atoms with Crippen LogP contribution in [0.3, 0.4) is 0 Å². The summed E-state index contributed by atoms with van der Waals surface area (Å²) in [6.07, 6.45) is 4.31. The van der Waals surface area contributed by atoms with Gasteiger partial charge < -0.3 is 10.0 Å². The molecule has 1 aliphatic carbocycles. The second kappa shape index (κ2) is 6.32. The Bertz CT molecular complexity index is 614. The molecule has 6 nitrogen and oxygen atoms in total. The minimum Gasteiger partial charge on any atom is -0.494 e. The first-order chi connectivity index (χ1) is 9.50. The van der Waals surface area contributed by atoms with Crippen molar-refractivity contribution in [3.05, 3.63) is 20.7 Å². The van der Waals surface area contributed by atoms with E-state index < -0.39 is 0 Å². The number of hydrogen-bond donors (Lipinski definition) is 2. The zero-order chi connectivity index (χ0) is 14.7. The van der Waals surface area contributed by atoms with Crippen LogP contribution in [0.5, 0.6) is 5.88 Å². The molecule has 1 aliphatic rings. The van der Waals surface area contributed by atoms with E-state index in [9.17, 15) is 9.90 Å². The predicted octanol–water partition coefficient (Wildman–Crippen LogP) is 1.32. The summed E-state index contributed by atoms with van der Waals surface area (Å²) in [5.41, 5.74) is -0.198. The molecule has 2 rings (SSSR count). The van der Waals surface area contributed by atoms with E-state index in [-0.39, 0.29) is 27.8 Å². The number of aliphatic imine (C=N–C) groups is 1. The molecule has 1 aromatic heterocycles. The number of nitrogens with one attached hydrogen (secondary N) is 1. The maximum Gasteiger partial charge on any atom is 0.264 e. The van der Waals surface area contributed by atoms with Crippen LogP contribution in [0.4, 0.5) is 0 Å². The molecule has 0 unspecified atom stereocenters. The maximum atomic E-state index is 11.8. The van der Waals surface area contributed by atoms with Crippen molar-refractivity contribution in [1.82, 2.24) is 14.5 Å². The van der Waals surface area contributed by atoms with Gasteiger partial charge in [-0.3, -0.25) is 19.3 Å². The van der Waals surface area contributed by atoms with E-state index in [4.69, 9.17) is 12.2 Å². The van der Waals surface area contributed by atoms with Gasteiger partial charge in [-0.1, -0.05) is 0 Å². The summed E-state index contributed by atoms with van der Waals surface area (Å²) in [6, 6.07) is 0.209. The largest absolute Gasteiger partial charge is 0.494 e. The Hall–Kier alpha value is -1.47. The fourth-order valence-electron chi connectivity index (χ4n) is 1.97. The van der Waals surface area contributed by atoms with E-state index in [0.29, 0.717) is 6.54 Å². The third-order valence-electron chi connectivity index (χ3n) is 3.18. The van der Waals surface area contributed by atoms with Crippen molar-refractivity contribution in [1.29, 1.82) is 0 Å². The molecule has 2 N–H and O–H groups in total. The van der Waals surface area contributed by atoms with E-state index in [2.05, 4.69) is 14.9 Å². The van der Waals surface area contributed by atoms with Gasteiger partial charge in [0.2, 0.25) is 5.88 Å². The van der Waals surface area contributed by atoms with E-state index in [1.54, 1.807) is 4.57 Å². The molecule has 0 spiro atoms. The average Bonchev–Trinajstić information content (AvgIpc) is 3.16. The van der Waals surface area contributed by atoms with Gasteiger partial charge in [0, 0.05) is 18.8 Å². The number of aromatic amines is 1. The van der Waals surface area contributed by atoms with Gasteiger partial charge in [-0.15, -0.1) is 0 Å². The number of nitrogens with zero attached hydrogens (tertiary/aromatic N) is 3. The van der Waals surface area contributed by atoms with Gasteiger partial charge in [0.1, 0.15) is 5.56 Å². The molecule has 0 bridgehead atoms. The second-order valence-corrected chi connectivity index (χ2v) is 5.68. The van der Waals surface area contributed by atoms with Crippen LogP contribution in [0, 0.1) is 4.77 Å².